The molecule has 10 atom stereocenters. The predicted molar refractivity (Wildman–Crippen MR) is 286 cm³/mol. The Bertz CT molecular complexity index is 2090. The fraction of sp³-hybridized carbons (Fsp3) is 0.729. The Morgan fingerprint density at radius 3 is 0.707 bits per heavy atom. The number of nitrogens with two attached hydrogens (primary N) is 5. The molecule has 82 heavy (non-hydrogen) atoms. The molecule has 0 aliphatic heterocycles. The molecule has 0 saturated heterocycles. The van der Waals surface area contributed by atoms with Crippen LogP contribution in [0, 0.1) is 0 Å². The summed E-state index contributed by atoms with van der Waals surface area (Å²) in [5, 5.41) is 88.4. The van der Waals surface area contributed by atoms with Crippen LogP contribution in [0.1, 0.15) is 116 Å². The zero-order valence-corrected chi connectivity index (χ0v) is 45.8. The number of aliphatic hydroxyl groups is 3. The van der Waals surface area contributed by atoms with Crippen molar-refractivity contribution in [3.05, 3.63) is 0 Å². The number of rotatable bonds is 47. The van der Waals surface area contributed by atoms with E-state index in [1.807, 2.05) is 0 Å². The van der Waals surface area contributed by atoms with E-state index in [1.54, 1.807) is 0 Å². The van der Waals surface area contributed by atoms with Gasteiger partial charge in [0.2, 0.25) is 53.2 Å². The molecule has 34 nitrogen and oxygen atoms in total. The van der Waals surface area contributed by atoms with Gasteiger partial charge >= 0.3 is 23.9 Å². The summed E-state index contributed by atoms with van der Waals surface area (Å²) >= 11 is 0. The van der Waals surface area contributed by atoms with Crippen molar-refractivity contribution in [3.63, 3.8) is 0 Å². The second-order valence-electron chi connectivity index (χ2n) is 19.0. The van der Waals surface area contributed by atoms with Crippen molar-refractivity contribution in [1.29, 1.82) is 0 Å². The highest BCUT2D eigenvalue weighted by Gasteiger charge is 2.36. The smallest absolute Gasteiger partial charge is 0.326 e. The number of carbonyl (C=O) groups is 13. The first-order valence-electron chi connectivity index (χ1n) is 26.8. The van der Waals surface area contributed by atoms with Crippen LogP contribution in [0.25, 0.3) is 0 Å². The lowest BCUT2D eigenvalue weighted by molar-refractivity contribution is -0.143. The fourth-order valence-electron chi connectivity index (χ4n) is 7.57. The van der Waals surface area contributed by atoms with Crippen molar-refractivity contribution >= 4 is 77.0 Å². The van der Waals surface area contributed by atoms with E-state index in [0.717, 1.165) is 0 Å². The highest BCUT2D eigenvalue weighted by atomic mass is 16.4. The summed E-state index contributed by atoms with van der Waals surface area (Å²) in [5.74, 6) is -15.8. The zero-order chi connectivity index (χ0) is 62.3. The van der Waals surface area contributed by atoms with Gasteiger partial charge in [0.25, 0.3) is 0 Å². The van der Waals surface area contributed by atoms with E-state index >= 15 is 0 Å². The van der Waals surface area contributed by atoms with Gasteiger partial charge in [-0.2, -0.15) is 0 Å². The second kappa shape index (κ2) is 42.6. The lowest BCUT2D eigenvalue weighted by Gasteiger charge is -2.27. The number of carboxylic acid groups (broad SMARTS) is 4. The number of carbonyl (C=O) groups excluding carboxylic acids is 9. The van der Waals surface area contributed by atoms with Crippen LogP contribution in [0.4, 0.5) is 0 Å². The van der Waals surface area contributed by atoms with Crippen LogP contribution >= 0.6 is 0 Å². The highest BCUT2D eigenvalue weighted by Crippen LogP contribution is 2.11. The van der Waals surface area contributed by atoms with E-state index in [4.69, 9.17) is 28.7 Å². The molecule has 0 fully saturated rings. The standard InChI is InChI=1S/C48H86N14O20/c49-19-5-1-9-27(54-39(72)26(53)23-63)40(73)58-31(14-17-37(68)69)44(77)61-34(24-64)47(80)56-29(11-3-7-21-51)42(75)59-32(15-18-38(70)71)45(78)62-35(25-65)46(79)55-28(10-2-6-20-50)41(74)57-30(13-16-36(66)67)43(76)60-33(48(81)82)12-4-8-22-52/h26-35,63-65H,1-25,49-53H2,(H,54,72)(H,55,79)(H,56,80)(H,57,74)(H,58,73)(H,59,75)(H,60,76)(H,61,77)(H,62,78)(H,66,67)(H,68,69)(H,70,71)(H,81,82)/t26-,27-,28-,29-,30-,31-,32-,33-,34-,35-/m0/s1. The van der Waals surface area contributed by atoms with Gasteiger partial charge in [0.05, 0.1) is 19.8 Å². The third kappa shape index (κ3) is 31.1. The van der Waals surface area contributed by atoms with E-state index < -0.39 is 196 Å². The van der Waals surface area contributed by atoms with Crippen LogP contribution in [0.5, 0.6) is 0 Å². The molecule has 9 amide bonds. The predicted octanol–water partition coefficient (Wildman–Crippen LogP) is -8.15. The van der Waals surface area contributed by atoms with E-state index in [2.05, 4.69) is 47.9 Å². The number of nitrogens with one attached hydrogen (secondary N) is 9. The van der Waals surface area contributed by atoms with Gasteiger partial charge in [-0.1, -0.05) is 0 Å². The van der Waals surface area contributed by atoms with Crippen LogP contribution in [0.2, 0.25) is 0 Å². The number of aliphatic hydroxyl groups excluding tert-OH is 3. The molecule has 468 valence electrons. The van der Waals surface area contributed by atoms with Crippen LogP contribution in [-0.2, 0) is 62.3 Å². The maximum atomic E-state index is 14.0. The van der Waals surface area contributed by atoms with Crippen LogP contribution < -0.4 is 76.5 Å². The SMILES string of the molecule is NCCCC[C@H](NC(=O)[C@H](CCC(=O)O)NC(=O)[C@H](CCCCN)NC(=O)[C@H](CO)NC(=O)[C@H](CCC(=O)O)NC(=O)[C@H](CCCCN)NC(=O)[C@H](CO)NC(=O)[C@H](CCC(=O)O)NC(=O)[C@H](CCCCN)NC(=O)[C@@H](N)CO)C(=O)O. The Kier molecular flexibility index (Phi) is 38.9. The number of amides is 9. The van der Waals surface area contributed by atoms with Crippen molar-refractivity contribution < 1.29 is 98.1 Å². The van der Waals surface area contributed by atoms with Crippen LogP contribution in [0.15, 0.2) is 0 Å². The summed E-state index contributed by atoms with van der Waals surface area (Å²) in [5.41, 5.74) is 27.9. The molecule has 0 heterocycles. The Balaban J connectivity index is 6.70. The molecule has 0 spiro atoms. The van der Waals surface area contributed by atoms with E-state index in [0.29, 0.717) is 25.7 Å². The van der Waals surface area contributed by atoms with Gasteiger partial charge in [-0.25, -0.2) is 4.79 Å². The number of carboxylic acids is 4. The Morgan fingerprint density at radius 1 is 0.280 bits per heavy atom. The van der Waals surface area contributed by atoms with Gasteiger partial charge < -0.3 is 112 Å². The molecule has 0 aromatic carbocycles. The summed E-state index contributed by atoms with van der Waals surface area (Å²) in [4.78, 5) is 169. The zero-order valence-electron chi connectivity index (χ0n) is 45.8. The van der Waals surface area contributed by atoms with Gasteiger partial charge in [-0.05, 0) is 122 Å². The molecular weight excluding hydrogens is 1090 g/mol. The quantitative estimate of drug-likeness (QED) is 0.0252. The summed E-state index contributed by atoms with van der Waals surface area (Å²) < 4.78 is 0. The molecule has 0 saturated carbocycles. The summed E-state index contributed by atoms with van der Waals surface area (Å²) in [7, 11) is 0. The summed E-state index contributed by atoms with van der Waals surface area (Å²) in [6, 6.07) is -16.5. The molecular formula is C48H86N14O20. The van der Waals surface area contributed by atoms with Crippen molar-refractivity contribution in [1.82, 2.24) is 47.9 Å². The van der Waals surface area contributed by atoms with Gasteiger partial charge in [0, 0.05) is 19.3 Å². The first-order valence-corrected chi connectivity index (χ1v) is 26.8. The van der Waals surface area contributed by atoms with Crippen molar-refractivity contribution in [2.45, 2.75) is 176 Å². The number of unbranched alkanes of at least 4 members (excludes halogenated alkanes) is 4. The molecule has 0 aromatic rings. The summed E-state index contributed by atoms with van der Waals surface area (Å²) in [6.07, 6.45) is -2.14. The Labute approximate surface area is 472 Å². The normalized spacial score (nSPS) is 14.7. The van der Waals surface area contributed by atoms with Crippen molar-refractivity contribution in [2.24, 2.45) is 28.7 Å². The van der Waals surface area contributed by atoms with Crippen molar-refractivity contribution in [3.8, 4) is 0 Å². The second-order valence-corrected chi connectivity index (χ2v) is 19.0. The average molecular weight is 1180 g/mol. The van der Waals surface area contributed by atoms with Gasteiger partial charge in [-0.15, -0.1) is 0 Å². The van der Waals surface area contributed by atoms with E-state index in [1.165, 1.54) is 0 Å². The maximum Gasteiger partial charge on any atom is 0.326 e. The van der Waals surface area contributed by atoms with E-state index in [-0.39, 0.29) is 77.5 Å². The Hall–Kier alpha value is -7.21. The number of hydrogen-bond donors (Lipinski definition) is 21. The molecule has 0 aliphatic carbocycles. The van der Waals surface area contributed by atoms with Crippen LogP contribution in [0.3, 0.4) is 0 Å². The maximum absolute atomic E-state index is 14.0. The molecule has 0 rings (SSSR count). The van der Waals surface area contributed by atoms with Gasteiger partial charge in [0.15, 0.2) is 0 Å². The number of aliphatic carboxylic acids is 4. The van der Waals surface area contributed by atoms with Crippen LogP contribution in [-0.4, -0.2) is 219 Å². The first kappa shape index (κ1) is 74.8. The average Bonchev–Trinajstić information content (AvgIpc) is 3.48. The van der Waals surface area contributed by atoms with E-state index in [9.17, 15) is 98.1 Å². The molecule has 34 heteroatoms. The third-order valence-electron chi connectivity index (χ3n) is 12.3. The molecule has 0 radical (unpaired) electrons. The Morgan fingerprint density at radius 2 is 0.488 bits per heavy atom. The minimum absolute atomic E-state index is 0.0376. The number of hydrogen-bond acceptors (Lipinski definition) is 21. The lowest BCUT2D eigenvalue weighted by atomic mass is 10.0. The lowest BCUT2D eigenvalue weighted by Crippen LogP contribution is -2.61. The minimum Gasteiger partial charge on any atom is -0.481 e. The molecule has 0 aliphatic rings. The highest BCUT2D eigenvalue weighted by molar-refractivity contribution is 5.99. The molecule has 0 bridgehead atoms. The first-order chi connectivity index (χ1) is 38.8. The third-order valence-corrected chi connectivity index (χ3v) is 12.3. The van der Waals surface area contributed by atoms with Crippen molar-refractivity contribution in [2.75, 3.05) is 46.0 Å². The molecule has 26 N–H and O–H groups in total. The molecule has 0 unspecified atom stereocenters. The fourth-order valence-corrected chi connectivity index (χ4v) is 7.57. The van der Waals surface area contributed by atoms with Gasteiger partial charge in [-0.3, -0.25) is 57.5 Å². The minimum atomic E-state index is -1.93. The summed E-state index contributed by atoms with van der Waals surface area (Å²) in [6.45, 7) is -2.43. The van der Waals surface area contributed by atoms with Gasteiger partial charge in [0.1, 0.15) is 60.4 Å². The largest absolute Gasteiger partial charge is 0.481 e. The molecule has 0 aromatic heterocycles. The topological polar surface area (TPSA) is 602 Å². The monoisotopic (exact) mass is 1180 g/mol.